The first-order valence-corrected chi connectivity index (χ1v) is 11.1. The van der Waals surface area contributed by atoms with E-state index in [2.05, 4.69) is 0 Å². The Balaban J connectivity index is 2.54. The highest BCUT2D eigenvalue weighted by Gasteiger charge is 2.28. The number of carbonyl (C=O) groups excluding carboxylic acids is 2. The molecule has 0 atom stereocenters. The van der Waals surface area contributed by atoms with E-state index in [0.29, 0.717) is 36.0 Å². The van der Waals surface area contributed by atoms with Crippen LogP contribution < -0.4 is 4.74 Å². The molecule has 0 aromatic heterocycles. The van der Waals surface area contributed by atoms with E-state index in [-0.39, 0.29) is 25.5 Å². The third kappa shape index (κ3) is 9.39. The highest BCUT2D eigenvalue weighted by molar-refractivity contribution is 7.85. The van der Waals surface area contributed by atoms with Gasteiger partial charge < -0.3 is 9.47 Å². The summed E-state index contributed by atoms with van der Waals surface area (Å²) in [5, 5.41) is 0. The number of rotatable bonds is 12. The molecular weight excluding hydrogens is 405 g/mol. The fourth-order valence-electron chi connectivity index (χ4n) is 2.91. The smallest absolute Gasteiger partial charge is 0.311 e. The molecule has 0 fully saturated rings. The van der Waals surface area contributed by atoms with E-state index in [9.17, 15) is 18.0 Å². The van der Waals surface area contributed by atoms with Crippen LogP contribution in [0.1, 0.15) is 56.2 Å². The molecule has 7 nitrogen and oxygen atoms in total. The van der Waals surface area contributed by atoms with Gasteiger partial charge >= 0.3 is 11.9 Å². The Bertz CT molecular complexity index is 829. The molecule has 1 N–H and O–H groups in total. The van der Waals surface area contributed by atoms with E-state index in [1.54, 1.807) is 12.1 Å². The average molecular weight is 430 g/mol. The lowest BCUT2D eigenvalue weighted by atomic mass is 9.85. The van der Waals surface area contributed by atoms with Crippen molar-refractivity contribution in [2.75, 3.05) is 5.75 Å². The quantitative estimate of drug-likeness (QED) is 0.176. The number of carbonyl (C=O) groups is 2. The molecule has 0 heterocycles. The number of hydrogen-bond donors (Lipinski definition) is 1. The van der Waals surface area contributed by atoms with Crippen LogP contribution in [-0.4, -0.2) is 59.8 Å². The zero-order valence-corrected chi connectivity index (χ0v) is 18.2. The van der Waals surface area contributed by atoms with Crippen molar-refractivity contribution in [2.45, 2.75) is 64.1 Å². The SMILES string of the molecule is [B]Cc1cc(C[B])c(OC(=O)CCCCC(=O)OC(C)(C)CS(=O)(=O)O)c(C[B])c1. The lowest BCUT2D eigenvalue weighted by molar-refractivity contribution is -0.154. The number of ether oxygens (including phenoxy) is 2. The molecule has 0 saturated carbocycles. The lowest BCUT2D eigenvalue weighted by Gasteiger charge is -2.23. The van der Waals surface area contributed by atoms with Crippen molar-refractivity contribution in [3.63, 3.8) is 0 Å². The molecule has 1 aromatic carbocycles. The normalized spacial score (nSPS) is 11.8. The van der Waals surface area contributed by atoms with Crippen LogP contribution in [0.3, 0.4) is 0 Å². The largest absolute Gasteiger partial charge is 0.458 e. The topological polar surface area (TPSA) is 107 Å². The van der Waals surface area contributed by atoms with Crippen molar-refractivity contribution in [1.29, 1.82) is 0 Å². The molecule has 0 aliphatic heterocycles. The molecule has 1 aromatic rings. The number of unbranched alkanes of at least 4 members (excludes halogenated alkanes) is 1. The Kier molecular flexibility index (Phi) is 10.2. The van der Waals surface area contributed by atoms with Gasteiger partial charge in [-0.25, -0.2) is 0 Å². The molecule has 0 unspecified atom stereocenters. The molecule has 0 amide bonds. The van der Waals surface area contributed by atoms with Gasteiger partial charge in [-0.15, -0.1) is 0 Å². The van der Waals surface area contributed by atoms with Gasteiger partial charge in [0.1, 0.15) is 17.1 Å². The third-order valence-electron chi connectivity index (χ3n) is 4.13. The Morgan fingerprint density at radius 3 is 1.90 bits per heavy atom. The second kappa shape index (κ2) is 11.6. The molecule has 1 rings (SSSR count). The molecule has 30 heavy (non-hydrogen) atoms. The van der Waals surface area contributed by atoms with Gasteiger partial charge in [-0.3, -0.25) is 14.1 Å². The van der Waals surface area contributed by atoms with Gasteiger partial charge in [-0.2, -0.15) is 8.42 Å². The summed E-state index contributed by atoms with van der Waals surface area (Å²) in [6.07, 6.45) is 1.40. The Morgan fingerprint density at radius 2 is 1.47 bits per heavy atom. The maximum Gasteiger partial charge on any atom is 0.311 e. The van der Waals surface area contributed by atoms with E-state index in [0.717, 1.165) is 5.56 Å². The van der Waals surface area contributed by atoms with Gasteiger partial charge in [0.2, 0.25) is 0 Å². The number of hydrogen-bond acceptors (Lipinski definition) is 6. The summed E-state index contributed by atoms with van der Waals surface area (Å²) in [6.45, 7) is 2.77. The van der Waals surface area contributed by atoms with Gasteiger partial charge in [0.25, 0.3) is 10.1 Å². The van der Waals surface area contributed by atoms with Crippen molar-refractivity contribution < 1.29 is 32.0 Å². The predicted molar refractivity (Wildman–Crippen MR) is 116 cm³/mol. The van der Waals surface area contributed by atoms with Crippen LogP contribution >= 0.6 is 0 Å². The highest BCUT2D eigenvalue weighted by Crippen LogP contribution is 2.27. The van der Waals surface area contributed by atoms with Crippen molar-refractivity contribution >= 4 is 45.6 Å². The maximum atomic E-state index is 12.2. The fourth-order valence-corrected chi connectivity index (χ4v) is 3.85. The standard InChI is InChI=1S/C19H25B3O7S/c1-19(2,12-30(25,26)27)29-17(24)6-4-3-5-16(23)28-18-14(10-21)7-13(9-20)8-15(18)11-22/h7-8H,3-6,9-12H2,1-2H3,(H,25,26,27). The van der Waals surface area contributed by atoms with Crippen LogP contribution in [0.5, 0.6) is 5.75 Å². The van der Waals surface area contributed by atoms with Crippen molar-refractivity contribution in [1.82, 2.24) is 0 Å². The molecule has 0 aliphatic carbocycles. The minimum absolute atomic E-state index is 0.00448. The van der Waals surface area contributed by atoms with Crippen molar-refractivity contribution in [3.8, 4) is 5.75 Å². The zero-order chi connectivity index (χ0) is 22.9. The summed E-state index contributed by atoms with van der Waals surface area (Å²) in [5.41, 5.74) is 0.759. The first-order chi connectivity index (χ1) is 13.9. The summed E-state index contributed by atoms with van der Waals surface area (Å²) in [6, 6.07) is 3.54. The summed E-state index contributed by atoms with van der Waals surface area (Å²) in [4.78, 5) is 24.0. The minimum atomic E-state index is -4.27. The predicted octanol–water partition coefficient (Wildman–Crippen LogP) is 1.37. The highest BCUT2D eigenvalue weighted by atomic mass is 32.2. The monoisotopic (exact) mass is 430 g/mol. The summed E-state index contributed by atoms with van der Waals surface area (Å²) < 4.78 is 41.3. The second-order valence-electron chi connectivity index (χ2n) is 7.50. The van der Waals surface area contributed by atoms with Crippen LogP contribution in [0.4, 0.5) is 0 Å². The van der Waals surface area contributed by atoms with Crippen LogP contribution in [0.15, 0.2) is 12.1 Å². The first-order valence-electron chi connectivity index (χ1n) is 9.53. The van der Waals surface area contributed by atoms with E-state index < -0.39 is 33.4 Å². The van der Waals surface area contributed by atoms with E-state index in [4.69, 9.17) is 37.6 Å². The van der Waals surface area contributed by atoms with Crippen LogP contribution in [0, 0.1) is 0 Å². The van der Waals surface area contributed by atoms with Gasteiger partial charge in [-0.05, 0) is 37.8 Å². The van der Waals surface area contributed by atoms with Gasteiger partial charge in [0, 0.05) is 12.8 Å². The van der Waals surface area contributed by atoms with E-state index in [1.165, 1.54) is 13.8 Å². The average Bonchev–Trinajstić information content (AvgIpc) is 2.62. The summed E-state index contributed by atoms with van der Waals surface area (Å²) >= 11 is 0. The minimum Gasteiger partial charge on any atom is -0.458 e. The van der Waals surface area contributed by atoms with Gasteiger partial charge in [0.15, 0.2) is 0 Å². The third-order valence-corrected chi connectivity index (χ3v) is 5.19. The second-order valence-corrected chi connectivity index (χ2v) is 8.95. The molecule has 158 valence electrons. The fraction of sp³-hybridized carbons (Fsp3) is 0.579. The number of esters is 2. The Hall–Kier alpha value is -1.74. The molecule has 0 spiro atoms. The summed E-state index contributed by atoms with van der Waals surface area (Å²) in [7, 11) is 12.9. The van der Waals surface area contributed by atoms with E-state index >= 15 is 0 Å². The van der Waals surface area contributed by atoms with Crippen LogP contribution in [-0.2, 0) is 43.4 Å². The summed E-state index contributed by atoms with van der Waals surface area (Å²) in [5.74, 6) is -1.47. The van der Waals surface area contributed by atoms with Gasteiger partial charge in [0.05, 0.1) is 23.5 Å². The molecule has 0 bridgehead atoms. The Morgan fingerprint density at radius 1 is 0.967 bits per heavy atom. The molecule has 11 heteroatoms. The lowest BCUT2D eigenvalue weighted by Crippen LogP contribution is -2.35. The van der Waals surface area contributed by atoms with Crippen LogP contribution in [0.2, 0.25) is 0 Å². The van der Waals surface area contributed by atoms with E-state index in [1.807, 2.05) is 0 Å². The zero-order valence-electron chi connectivity index (χ0n) is 17.3. The Labute approximate surface area is 182 Å². The molecule has 0 aliphatic rings. The van der Waals surface area contributed by atoms with Crippen LogP contribution in [0.25, 0.3) is 0 Å². The van der Waals surface area contributed by atoms with Gasteiger partial charge in [-0.1, -0.05) is 36.7 Å². The molecular formula is C19H25B3O7S. The maximum absolute atomic E-state index is 12.2. The first kappa shape index (κ1) is 26.3. The van der Waals surface area contributed by atoms with Crippen molar-refractivity contribution in [3.05, 3.63) is 28.8 Å². The molecule has 0 saturated heterocycles. The molecule has 6 radical (unpaired) electrons. The van der Waals surface area contributed by atoms with Crippen molar-refractivity contribution in [2.24, 2.45) is 0 Å². The number of benzene rings is 1.